The number of rotatable bonds is 15. The quantitative estimate of drug-likeness (QED) is 0.450. The molecule has 0 aromatic rings. The van der Waals surface area contributed by atoms with Crippen LogP contribution < -0.4 is 10.6 Å². The zero-order chi connectivity index (χ0) is 18.2. The van der Waals surface area contributed by atoms with Gasteiger partial charge in [-0.05, 0) is 52.6 Å². The van der Waals surface area contributed by atoms with Crippen LogP contribution in [-0.4, -0.2) is 48.9 Å². The highest BCUT2D eigenvalue weighted by Crippen LogP contribution is 2.06. The van der Waals surface area contributed by atoms with Gasteiger partial charge in [-0.2, -0.15) is 0 Å². The number of unbranched alkanes of at least 4 members (excludes halogenated alkanes) is 4. The summed E-state index contributed by atoms with van der Waals surface area (Å²) in [4.78, 5) is 24.8. The van der Waals surface area contributed by atoms with Gasteiger partial charge in [0, 0.05) is 32.0 Å². The lowest BCUT2D eigenvalue weighted by atomic mass is 10.1. The van der Waals surface area contributed by atoms with Gasteiger partial charge >= 0.3 is 0 Å². The molecule has 0 aliphatic heterocycles. The van der Waals surface area contributed by atoms with Crippen molar-refractivity contribution in [2.45, 2.75) is 85.1 Å². The second-order valence-electron chi connectivity index (χ2n) is 6.66. The van der Waals surface area contributed by atoms with E-state index in [0.717, 1.165) is 51.9 Å². The molecule has 0 radical (unpaired) electrons. The summed E-state index contributed by atoms with van der Waals surface area (Å²) in [6.45, 7) is 12.1. The maximum Gasteiger partial charge on any atom is 0.219 e. The van der Waals surface area contributed by atoms with Crippen LogP contribution in [0.3, 0.4) is 0 Å². The molecule has 5 nitrogen and oxygen atoms in total. The van der Waals surface area contributed by atoms with E-state index in [1.54, 1.807) is 0 Å². The fourth-order valence-electron chi connectivity index (χ4n) is 2.57. The largest absolute Gasteiger partial charge is 0.356 e. The summed E-state index contributed by atoms with van der Waals surface area (Å²) in [5.41, 5.74) is 0. The van der Waals surface area contributed by atoms with Crippen LogP contribution in [0, 0.1) is 0 Å². The van der Waals surface area contributed by atoms with Crippen molar-refractivity contribution in [2.24, 2.45) is 0 Å². The van der Waals surface area contributed by atoms with Crippen molar-refractivity contribution < 1.29 is 9.59 Å². The van der Waals surface area contributed by atoms with Crippen LogP contribution >= 0.6 is 0 Å². The summed E-state index contributed by atoms with van der Waals surface area (Å²) >= 11 is 0. The number of hydrogen-bond donors (Lipinski definition) is 2. The number of carbonyl (C=O) groups excluding carboxylic acids is 2. The normalized spacial score (nSPS) is 11.1. The minimum atomic E-state index is 0.147. The van der Waals surface area contributed by atoms with Crippen LogP contribution in [-0.2, 0) is 9.59 Å². The van der Waals surface area contributed by atoms with Crippen molar-refractivity contribution >= 4 is 11.8 Å². The Kier molecular flexibility index (Phi) is 14.7. The van der Waals surface area contributed by atoms with Crippen molar-refractivity contribution in [3.8, 4) is 0 Å². The second kappa shape index (κ2) is 15.4. The number of nitrogens with zero attached hydrogens (tertiary/aromatic N) is 1. The lowest BCUT2D eigenvalue weighted by Crippen LogP contribution is -2.33. The molecule has 2 N–H and O–H groups in total. The minimum Gasteiger partial charge on any atom is -0.356 e. The Balaban J connectivity index is 3.64. The molecule has 0 spiro atoms. The molecule has 0 aromatic heterocycles. The first kappa shape index (κ1) is 22.9. The predicted octanol–water partition coefficient (Wildman–Crippen LogP) is 3.09. The van der Waals surface area contributed by atoms with E-state index in [2.05, 4.69) is 29.4 Å². The molecule has 2 amide bonds. The Hall–Kier alpha value is -1.10. The second-order valence-corrected chi connectivity index (χ2v) is 6.66. The van der Waals surface area contributed by atoms with Gasteiger partial charge in [-0.3, -0.25) is 9.59 Å². The summed E-state index contributed by atoms with van der Waals surface area (Å²) < 4.78 is 0. The van der Waals surface area contributed by atoms with Crippen molar-refractivity contribution in [1.82, 2.24) is 15.5 Å². The molecule has 0 aromatic carbocycles. The van der Waals surface area contributed by atoms with Gasteiger partial charge in [0.05, 0.1) is 0 Å². The zero-order valence-corrected chi connectivity index (χ0v) is 16.3. The van der Waals surface area contributed by atoms with Gasteiger partial charge in [0.2, 0.25) is 11.8 Å². The molecule has 0 aliphatic rings. The van der Waals surface area contributed by atoms with E-state index in [9.17, 15) is 9.59 Å². The number of carbonyl (C=O) groups is 2. The van der Waals surface area contributed by atoms with Crippen LogP contribution in [0.1, 0.15) is 79.1 Å². The molecular formula is C19H39N3O2. The zero-order valence-electron chi connectivity index (χ0n) is 16.3. The van der Waals surface area contributed by atoms with Crippen molar-refractivity contribution in [1.29, 1.82) is 0 Å². The third-order valence-electron chi connectivity index (χ3n) is 4.26. The van der Waals surface area contributed by atoms with Gasteiger partial charge in [0.25, 0.3) is 0 Å². The molecule has 24 heavy (non-hydrogen) atoms. The summed E-state index contributed by atoms with van der Waals surface area (Å²) in [6.07, 6.45) is 7.97. The predicted molar refractivity (Wildman–Crippen MR) is 101 cm³/mol. The molecule has 5 heteroatoms. The summed E-state index contributed by atoms with van der Waals surface area (Å²) in [6, 6.07) is 0.574. The molecule has 0 unspecified atom stereocenters. The topological polar surface area (TPSA) is 61.4 Å². The average molecular weight is 342 g/mol. The van der Waals surface area contributed by atoms with E-state index in [1.807, 2.05) is 13.8 Å². The van der Waals surface area contributed by atoms with Crippen molar-refractivity contribution in [3.63, 3.8) is 0 Å². The fraction of sp³-hybridized carbons (Fsp3) is 0.895. The highest BCUT2D eigenvalue weighted by atomic mass is 16.2. The Morgan fingerprint density at radius 3 is 1.50 bits per heavy atom. The molecule has 0 fully saturated rings. The first-order chi connectivity index (χ1) is 11.5. The Morgan fingerprint density at radius 1 is 0.750 bits per heavy atom. The number of hydrogen-bond acceptors (Lipinski definition) is 3. The van der Waals surface area contributed by atoms with E-state index >= 15 is 0 Å². The lowest BCUT2D eigenvalue weighted by Gasteiger charge is -2.26. The van der Waals surface area contributed by atoms with Crippen molar-refractivity contribution in [2.75, 3.05) is 26.2 Å². The molecular weight excluding hydrogens is 302 g/mol. The van der Waals surface area contributed by atoms with Gasteiger partial charge in [-0.25, -0.2) is 0 Å². The minimum absolute atomic E-state index is 0.147. The molecule has 0 rings (SSSR count). The van der Waals surface area contributed by atoms with Gasteiger partial charge in [0.1, 0.15) is 0 Å². The first-order valence-electron chi connectivity index (χ1n) is 9.78. The smallest absolute Gasteiger partial charge is 0.219 e. The summed E-state index contributed by atoms with van der Waals surface area (Å²) in [5.74, 6) is 0.294. The third-order valence-corrected chi connectivity index (χ3v) is 4.26. The molecule has 0 bridgehead atoms. The van der Waals surface area contributed by atoms with Crippen LogP contribution in [0.5, 0.6) is 0 Å². The Morgan fingerprint density at radius 2 is 1.17 bits per heavy atom. The van der Waals surface area contributed by atoms with Crippen LogP contribution in [0.15, 0.2) is 0 Å². The fourth-order valence-corrected chi connectivity index (χ4v) is 2.57. The van der Waals surface area contributed by atoms with Crippen LogP contribution in [0.4, 0.5) is 0 Å². The Bertz CT molecular complexity index is 305. The van der Waals surface area contributed by atoms with E-state index < -0.39 is 0 Å². The maximum atomic E-state index is 11.1. The van der Waals surface area contributed by atoms with Crippen molar-refractivity contribution in [3.05, 3.63) is 0 Å². The standard InChI is InChI=1S/C19H39N3O2/c1-5-18(23)20-13-9-7-11-15-22(17(3)4)16-12-8-10-14-21-19(24)6-2/h17H,5-16H2,1-4H3,(H,20,23)(H,21,24). The van der Waals surface area contributed by atoms with Gasteiger partial charge < -0.3 is 15.5 Å². The van der Waals surface area contributed by atoms with E-state index in [0.29, 0.717) is 18.9 Å². The highest BCUT2D eigenvalue weighted by molar-refractivity contribution is 5.75. The van der Waals surface area contributed by atoms with Gasteiger partial charge in [-0.1, -0.05) is 26.7 Å². The average Bonchev–Trinajstić information content (AvgIpc) is 2.57. The molecule has 0 saturated heterocycles. The molecule has 0 saturated carbocycles. The molecule has 0 aliphatic carbocycles. The van der Waals surface area contributed by atoms with Crippen LogP contribution in [0.2, 0.25) is 0 Å². The SMILES string of the molecule is CCC(=O)NCCCCCN(CCCCCNC(=O)CC)C(C)C. The maximum absolute atomic E-state index is 11.1. The summed E-state index contributed by atoms with van der Waals surface area (Å²) in [7, 11) is 0. The van der Waals surface area contributed by atoms with E-state index in [1.165, 1.54) is 12.8 Å². The van der Waals surface area contributed by atoms with Gasteiger partial charge in [0.15, 0.2) is 0 Å². The van der Waals surface area contributed by atoms with Crippen LogP contribution in [0.25, 0.3) is 0 Å². The highest BCUT2D eigenvalue weighted by Gasteiger charge is 2.08. The monoisotopic (exact) mass is 341 g/mol. The first-order valence-corrected chi connectivity index (χ1v) is 9.78. The number of nitrogens with one attached hydrogen (secondary N) is 2. The van der Waals surface area contributed by atoms with E-state index in [-0.39, 0.29) is 11.8 Å². The molecule has 142 valence electrons. The Labute approximate surface area is 148 Å². The van der Waals surface area contributed by atoms with E-state index in [4.69, 9.17) is 0 Å². The van der Waals surface area contributed by atoms with Gasteiger partial charge in [-0.15, -0.1) is 0 Å². The number of amides is 2. The molecule has 0 atom stereocenters. The lowest BCUT2D eigenvalue weighted by molar-refractivity contribution is -0.121. The summed E-state index contributed by atoms with van der Waals surface area (Å²) in [5, 5.41) is 5.85. The molecule has 0 heterocycles. The third kappa shape index (κ3) is 13.3.